The van der Waals surface area contributed by atoms with Crippen LogP contribution in [0.1, 0.15) is 19.3 Å². The van der Waals surface area contributed by atoms with Gasteiger partial charge in [-0.25, -0.2) is 0 Å². The van der Waals surface area contributed by atoms with Crippen LogP contribution in [-0.2, 0) is 4.79 Å². The van der Waals surface area contributed by atoms with Gasteiger partial charge in [0.25, 0.3) is 0 Å². The predicted octanol–water partition coefficient (Wildman–Crippen LogP) is 0.110. The third-order valence-corrected chi connectivity index (χ3v) is 2.41. The minimum absolute atomic E-state index is 0.0104. The highest BCUT2D eigenvalue weighted by atomic mass is 16.2. The van der Waals surface area contributed by atoms with Crippen LogP contribution in [0, 0.1) is 11.3 Å². The Labute approximate surface area is 78.5 Å². The van der Waals surface area contributed by atoms with Crippen LogP contribution >= 0.6 is 0 Å². The fourth-order valence-electron chi connectivity index (χ4n) is 1.62. The molecule has 0 spiro atoms. The second-order valence-electron chi connectivity index (χ2n) is 3.30. The summed E-state index contributed by atoms with van der Waals surface area (Å²) in [7, 11) is 1.91. The summed E-state index contributed by atoms with van der Waals surface area (Å²) in [6.45, 7) is 1.55. The van der Waals surface area contributed by atoms with Gasteiger partial charge in [0.15, 0.2) is 0 Å². The quantitative estimate of drug-likeness (QED) is 0.658. The van der Waals surface area contributed by atoms with Crippen LogP contribution in [0.3, 0.4) is 0 Å². The number of likely N-dealkylation sites (N-methyl/N-ethyl adjacent to an activating group) is 1. The number of piperidine rings is 1. The first kappa shape index (κ1) is 10.0. The van der Waals surface area contributed by atoms with Gasteiger partial charge in [-0.05, 0) is 19.9 Å². The highest BCUT2D eigenvalue weighted by Gasteiger charge is 2.21. The molecule has 0 aromatic heterocycles. The van der Waals surface area contributed by atoms with Crippen LogP contribution in [0.5, 0.6) is 0 Å². The van der Waals surface area contributed by atoms with E-state index in [1.807, 2.05) is 13.1 Å². The third-order valence-electron chi connectivity index (χ3n) is 2.41. The van der Waals surface area contributed by atoms with Crippen molar-refractivity contribution in [2.45, 2.75) is 25.3 Å². The minimum Gasteiger partial charge on any atom is -0.340 e. The van der Waals surface area contributed by atoms with Crippen molar-refractivity contribution in [2.75, 3.05) is 20.1 Å². The van der Waals surface area contributed by atoms with Crippen LogP contribution in [0.25, 0.3) is 0 Å². The van der Waals surface area contributed by atoms with Gasteiger partial charge in [0.2, 0.25) is 5.91 Å². The molecule has 1 saturated heterocycles. The Hall–Kier alpha value is -1.08. The third kappa shape index (κ3) is 2.71. The van der Waals surface area contributed by atoms with Crippen molar-refractivity contribution in [1.29, 1.82) is 5.26 Å². The Morgan fingerprint density at radius 2 is 2.54 bits per heavy atom. The maximum absolute atomic E-state index is 11.3. The van der Waals surface area contributed by atoms with Crippen molar-refractivity contribution >= 4 is 5.91 Å². The number of nitrogens with zero attached hydrogens (tertiary/aromatic N) is 2. The smallest absolute Gasteiger partial charge is 0.236 e. The molecule has 1 N–H and O–H groups in total. The molecule has 4 nitrogen and oxygen atoms in total. The van der Waals surface area contributed by atoms with E-state index in [4.69, 9.17) is 5.26 Å². The van der Waals surface area contributed by atoms with E-state index in [-0.39, 0.29) is 12.3 Å². The largest absolute Gasteiger partial charge is 0.340 e. The van der Waals surface area contributed by atoms with Crippen molar-refractivity contribution in [3.8, 4) is 6.07 Å². The zero-order valence-electron chi connectivity index (χ0n) is 7.92. The molecule has 1 rings (SSSR count). The first-order chi connectivity index (χ1) is 6.27. The van der Waals surface area contributed by atoms with Gasteiger partial charge in [0.05, 0.1) is 6.07 Å². The molecule has 72 valence electrons. The monoisotopic (exact) mass is 181 g/mol. The van der Waals surface area contributed by atoms with Crippen molar-refractivity contribution < 1.29 is 4.79 Å². The lowest BCUT2D eigenvalue weighted by Gasteiger charge is -2.32. The zero-order valence-corrected chi connectivity index (χ0v) is 7.92. The number of amides is 1. The molecule has 0 aromatic carbocycles. The van der Waals surface area contributed by atoms with Gasteiger partial charge >= 0.3 is 0 Å². The molecule has 0 aliphatic carbocycles. The van der Waals surface area contributed by atoms with Crippen molar-refractivity contribution in [3.05, 3.63) is 0 Å². The highest BCUT2D eigenvalue weighted by Crippen LogP contribution is 2.10. The van der Waals surface area contributed by atoms with Crippen LogP contribution in [-0.4, -0.2) is 37.0 Å². The number of nitrogens with one attached hydrogen (secondary N) is 1. The number of carbonyl (C=O) groups excluding carboxylic acids is 1. The van der Waals surface area contributed by atoms with Gasteiger partial charge in [-0.2, -0.15) is 5.26 Å². The Bertz CT molecular complexity index is 221. The molecular weight excluding hydrogens is 166 g/mol. The van der Waals surface area contributed by atoms with Crippen LogP contribution in [0.4, 0.5) is 0 Å². The molecule has 0 bridgehead atoms. The Kier molecular flexibility index (Phi) is 3.71. The maximum atomic E-state index is 11.3. The summed E-state index contributed by atoms with van der Waals surface area (Å²) in [5, 5.41) is 11.5. The van der Waals surface area contributed by atoms with E-state index in [1.165, 1.54) is 0 Å². The molecule has 1 amide bonds. The molecule has 1 aliphatic rings. The second-order valence-corrected chi connectivity index (χ2v) is 3.30. The molecule has 1 aliphatic heterocycles. The van der Waals surface area contributed by atoms with Crippen molar-refractivity contribution in [2.24, 2.45) is 0 Å². The van der Waals surface area contributed by atoms with Crippen LogP contribution in [0.15, 0.2) is 0 Å². The standard InChI is InChI=1S/C9H15N3O/c1-11-8-3-2-6-12(7-8)9(13)4-5-10/h8,11H,2-4,6-7H2,1H3/t8-/m1/s1. The molecule has 1 fully saturated rings. The molecule has 0 unspecified atom stereocenters. The van der Waals surface area contributed by atoms with Crippen LogP contribution in [0.2, 0.25) is 0 Å². The molecule has 1 atom stereocenters. The molecular formula is C9H15N3O. The topological polar surface area (TPSA) is 56.1 Å². The zero-order chi connectivity index (χ0) is 9.68. The first-order valence-electron chi connectivity index (χ1n) is 4.60. The molecule has 1 heterocycles. The van der Waals surface area contributed by atoms with Crippen LogP contribution < -0.4 is 5.32 Å². The maximum Gasteiger partial charge on any atom is 0.236 e. The second kappa shape index (κ2) is 4.83. The number of nitriles is 1. The van der Waals surface area contributed by atoms with Gasteiger partial charge in [-0.3, -0.25) is 4.79 Å². The van der Waals surface area contributed by atoms with E-state index in [9.17, 15) is 4.79 Å². The number of carbonyl (C=O) groups is 1. The summed E-state index contributed by atoms with van der Waals surface area (Å²) in [4.78, 5) is 13.1. The number of likely N-dealkylation sites (tertiary alicyclic amines) is 1. The summed E-state index contributed by atoms with van der Waals surface area (Å²) in [5.74, 6) is -0.0394. The van der Waals surface area contributed by atoms with Gasteiger partial charge < -0.3 is 10.2 Å². The average Bonchev–Trinajstić information content (AvgIpc) is 2.18. The molecule has 0 radical (unpaired) electrons. The summed E-state index contributed by atoms with van der Waals surface area (Å²) in [6.07, 6.45) is 2.16. The molecule has 13 heavy (non-hydrogen) atoms. The normalized spacial score (nSPS) is 22.5. The lowest BCUT2D eigenvalue weighted by Crippen LogP contribution is -2.46. The van der Waals surface area contributed by atoms with Gasteiger partial charge in [0.1, 0.15) is 6.42 Å². The number of rotatable bonds is 2. The Morgan fingerprint density at radius 3 is 3.15 bits per heavy atom. The van der Waals surface area contributed by atoms with E-state index in [0.29, 0.717) is 6.04 Å². The summed E-state index contributed by atoms with van der Waals surface area (Å²) >= 11 is 0. The highest BCUT2D eigenvalue weighted by molar-refractivity contribution is 5.78. The number of hydrogen-bond acceptors (Lipinski definition) is 3. The van der Waals surface area contributed by atoms with Gasteiger partial charge in [-0.15, -0.1) is 0 Å². The van der Waals surface area contributed by atoms with E-state index in [1.54, 1.807) is 4.90 Å². The van der Waals surface area contributed by atoms with E-state index < -0.39 is 0 Å². The lowest BCUT2D eigenvalue weighted by molar-refractivity contribution is -0.131. The average molecular weight is 181 g/mol. The fraction of sp³-hybridized carbons (Fsp3) is 0.778. The fourth-order valence-corrected chi connectivity index (χ4v) is 1.62. The lowest BCUT2D eigenvalue weighted by atomic mass is 10.1. The predicted molar refractivity (Wildman–Crippen MR) is 48.9 cm³/mol. The first-order valence-corrected chi connectivity index (χ1v) is 4.60. The van der Waals surface area contributed by atoms with Crippen molar-refractivity contribution in [3.63, 3.8) is 0 Å². The summed E-state index contributed by atoms with van der Waals surface area (Å²) in [5.41, 5.74) is 0. The summed E-state index contributed by atoms with van der Waals surface area (Å²) < 4.78 is 0. The SMILES string of the molecule is CN[C@@H]1CCCN(C(=O)CC#N)C1. The Balaban J connectivity index is 2.42. The Morgan fingerprint density at radius 1 is 1.77 bits per heavy atom. The van der Waals surface area contributed by atoms with Gasteiger partial charge in [-0.1, -0.05) is 0 Å². The van der Waals surface area contributed by atoms with E-state index in [0.717, 1.165) is 25.9 Å². The molecule has 0 aromatic rings. The summed E-state index contributed by atoms with van der Waals surface area (Å²) in [6, 6.07) is 2.29. The van der Waals surface area contributed by atoms with E-state index in [2.05, 4.69) is 5.32 Å². The van der Waals surface area contributed by atoms with E-state index >= 15 is 0 Å². The molecule has 4 heteroatoms. The van der Waals surface area contributed by atoms with Crippen molar-refractivity contribution in [1.82, 2.24) is 10.2 Å². The van der Waals surface area contributed by atoms with Gasteiger partial charge in [0, 0.05) is 19.1 Å². The minimum atomic E-state index is -0.0394. The number of hydrogen-bond donors (Lipinski definition) is 1. The molecule has 0 saturated carbocycles.